The molecule has 0 N–H and O–H groups in total. The van der Waals surface area contributed by atoms with Crippen molar-refractivity contribution in [3.05, 3.63) is 81.0 Å². The van der Waals surface area contributed by atoms with Gasteiger partial charge in [0.2, 0.25) is 10.8 Å². The first kappa shape index (κ1) is 17.3. The second-order valence-corrected chi connectivity index (χ2v) is 7.37. The summed E-state index contributed by atoms with van der Waals surface area (Å²) in [7, 11) is 0. The molecule has 0 unspecified atom stereocenters. The number of benzene rings is 1. The molecular formula is C21H13N3O4S. The molecule has 0 saturated heterocycles. The van der Waals surface area contributed by atoms with Crippen LogP contribution in [0.4, 0.5) is 0 Å². The van der Waals surface area contributed by atoms with E-state index in [1.807, 2.05) is 18.2 Å². The third-order valence-corrected chi connectivity index (χ3v) is 5.36. The number of fused-ring (bicyclic) bond motifs is 1. The maximum Gasteiger partial charge on any atom is 0.291 e. The highest BCUT2D eigenvalue weighted by Crippen LogP contribution is 2.23. The molecule has 5 aromatic rings. The Balaban J connectivity index is 1.48. The Hall–Kier alpha value is -3.78. The van der Waals surface area contributed by atoms with E-state index in [-0.39, 0.29) is 11.3 Å². The SMILES string of the molecule is CC(=O)c1ccc(-c2ccc(C=c3sc4nc(-c5ccco5)nn4c3=O)o2)cc1. The lowest BCUT2D eigenvalue weighted by molar-refractivity contribution is 0.101. The highest BCUT2D eigenvalue weighted by atomic mass is 32.1. The second kappa shape index (κ2) is 6.68. The van der Waals surface area contributed by atoms with Gasteiger partial charge in [-0.25, -0.2) is 0 Å². The van der Waals surface area contributed by atoms with Crippen LogP contribution in [0.5, 0.6) is 0 Å². The van der Waals surface area contributed by atoms with E-state index in [0.29, 0.717) is 38.2 Å². The number of ketones is 1. The maximum atomic E-state index is 12.6. The summed E-state index contributed by atoms with van der Waals surface area (Å²) in [5.74, 6) is 2.10. The molecule has 0 bridgehead atoms. The number of hydrogen-bond donors (Lipinski definition) is 0. The van der Waals surface area contributed by atoms with E-state index in [1.165, 1.54) is 29.0 Å². The fourth-order valence-electron chi connectivity index (χ4n) is 2.93. The van der Waals surface area contributed by atoms with Crippen LogP contribution in [0.15, 0.2) is 68.4 Å². The summed E-state index contributed by atoms with van der Waals surface area (Å²) in [6.07, 6.45) is 3.20. The van der Waals surface area contributed by atoms with Crippen LogP contribution in [-0.2, 0) is 0 Å². The molecule has 29 heavy (non-hydrogen) atoms. The molecule has 0 aliphatic rings. The first-order valence-electron chi connectivity index (χ1n) is 8.75. The summed E-state index contributed by atoms with van der Waals surface area (Å²) in [6.45, 7) is 1.53. The third-order valence-electron chi connectivity index (χ3n) is 4.40. The topological polar surface area (TPSA) is 90.6 Å². The summed E-state index contributed by atoms with van der Waals surface area (Å²) < 4.78 is 12.9. The Morgan fingerprint density at radius 1 is 1.10 bits per heavy atom. The standard InChI is InChI=1S/C21H13N3O4S/c1-12(25)13-4-6-14(7-5-13)16-9-8-15(28-16)11-18-20(26)24-21(29-18)22-19(23-24)17-3-2-10-27-17/h2-11H,1H3. The Morgan fingerprint density at radius 2 is 1.93 bits per heavy atom. The fourth-order valence-corrected chi connectivity index (χ4v) is 3.82. The molecule has 0 radical (unpaired) electrons. The Kier molecular flexibility index (Phi) is 3.99. The number of thiazole rings is 1. The molecule has 0 aliphatic carbocycles. The number of nitrogens with zero attached hydrogens (tertiary/aromatic N) is 3. The Bertz CT molecular complexity index is 1440. The molecule has 0 fully saturated rings. The van der Waals surface area contributed by atoms with E-state index in [2.05, 4.69) is 10.1 Å². The molecule has 4 heterocycles. The maximum absolute atomic E-state index is 12.6. The number of furan rings is 2. The van der Waals surface area contributed by atoms with Crippen LogP contribution in [0.25, 0.3) is 33.9 Å². The fraction of sp³-hybridized carbons (Fsp3) is 0.0476. The largest absolute Gasteiger partial charge is 0.461 e. The van der Waals surface area contributed by atoms with Gasteiger partial charge in [-0.05, 0) is 31.2 Å². The van der Waals surface area contributed by atoms with E-state index >= 15 is 0 Å². The van der Waals surface area contributed by atoms with Crippen LogP contribution in [0.2, 0.25) is 0 Å². The van der Waals surface area contributed by atoms with Crippen LogP contribution < -0.4 is 10.1 Å². The normalized spacial score (nSPS) is 12.1. The van der Waals surface area contributed by atoms with Gasteiger partial charge in [-0.15, -0.1) is 5.10 Å². The molecule has 0 saturated carbocycles. The molecule has 0 atom stereocenters. The summed E-state index contributed by atoms with van der Waals surface area (Å²) in [4.78, 5) is 28.9. The molecule has 1 aromatic carbocycles. The lowest BCUT2D eigenvalue weighted by Gasteiger charge is -1.98. The zero-order chi connectivity index (χ0) is 20.0. The number of rotatable bonds is 4. The van der Waals surface area contributed by atoms with Crippen molar-refractivity contribution < 1.29 is 13.6 Å². The molecule has 8 heteroatoms. The number of hydrogen-bond acceptors (Lipinski definition) is 7. The van der Waals surface area contributed by atoms with Gasteiger partial charge in [0.15, 0.2) is 11.5 Å². The van der Waals surface area contributed by atoms with Crippen molar-refractivity contribution in [3.63, 3.8) is 0 Å². The minimum Gasteiger partial charge on any atom is -0.461 e. The molecule has 0 aliphatic heterocycles. The van der Waals surface area contributed by atoms with Gasteiger partial charge in [0.25, 0.3) is 5.56 Å². The summed E-state index contributed by atoms with van der Waals surface area (Å²) in [5, 5.41) is 4.22. The monoisotopic (exact) mass is 403 g/mol. The summed E-state index contributed by atoms with van der Waals surface area (Å²) in [5.41, 5.74) is 1.23. The van der Waals surface area contributed by atoms with Gasteiger partial charge in [-0.1, -0.05) is 35.6 Å². The molecule has 0 spiro atoms. The van der Waals surface area contributed by atoms with Crippen molar-refractivity contribution in [1.82, 2.24) is 14.6 Å². The van der Waals surface area contributed by atoms with Gasteiger partial charge in [0.05, 0.1) is 6.26 Å². The van der Waals surface area contributed by atoms with Crippen LogP contribution >= 0.6 is 11.3 Å². The number of Topliss-reactive ketones (excluding diaryl/α,β-unsaturated/α-hetero) is 1. The van der Waals surface area contributed by atoms with Crippen LogP contribution in [0.3, 0.4) is 0 Å². The van der Waals surface area contributed by atoms with Crippen LogP contribution in [0, 0.1) is 0 Å². The van der Waals surface area contributed by atoms with Crippen molar-refractivity contribution in [2.45, 2.75) is 6.92 Å². The average Bonchev–Trinajstić information content (AvgIpc) is 3.49. The summed E-state index contributed by atoms with van der Waals surface area (Å²) in [6, 6.07) is 14.3. The van der Waals surface area contributed by atoms with E-state index in [4.69, 9.17) is 8.83 Å². The third kappa shape index (κ3) is 3.09. The zero-order valence-electron chi connectivity index (χ0n) is 15.2. The van der Waals surface area contributed by atoms with Gasteiger partial charge in [-0.3, -0.25) is 9.59 Å². The minimum atomic E-state index is -0.265. The predicted molar refractivity (Wildman–Crippen MR) is 108 cm³/mol. The second-order valence-electron chi connectivity index (χ2n) is 6.36. The number of carbonyl (C=O) groups is 1. The molecule has 5 rings (SSSR count). The van der Waals surface area contributed by atoms with E-state index in [0.717, 1.165) is 5.56 Å². The minimum absolute atomic E-state index is 0.0134. The Morgan fingerprint density at radius 3 is 2.62 bits per heavy atom. The van der Waals surface area contributed by atoms with Gasteiger partial charge < -0.3 is 8.83 Å². The predicted octanol–water partition coefficient (Wildman–Crippen LogP) is 3.42. The molecule has 142 valence electrons. The van der Waals surface area contributed by atoms with Gasteiger partial charge in [0.1, 0.15) is 16.1 Å². The van der Waals surface area contributed by atoms with Gasteiger partial charge in [-0.2, -0.15) is 9.50 Å². The first-order chi connectivity index (χ1) is 14.1. The number of aromatic nitrogens is 3. The zero-order valence-corrected chi connectivity index (χ0v) is 16.0. The quantitative estimate of drug-likeness (QED) is 0.427. The van der Waals surface area contributed by atoms with Crippen molar-refractivity contribution in [2.24, 2.45) is 0 Å². The molecule has 4 aromatic heterocycles. The lowest BCUT2D eigenvalue weighted by atomic mass is 10.1. The van der Waals surface area contributed by atoms with Crippen molar-refractivity contribution in [1.29, 1.82) is 0 Å². The van der Waals surface area contributed by atoms with Gasteiger partial charge in [0, 0.05) is 17.2 Å². The molecule has 0 amide bonds. The summed E-state index contributed by atoms with van der Waals surface area (Å²) >= 11 is 1.23. The van der Waals surface area contributed by atoms with Gasteiger partial charge >= 0.3 is 0 Å². The van der Waals surface area contributed by atoms with Crippen molar-refractivity contribution in [2.75, 3.05) is 0 Å². The van der Waals surface area contributed by atoms with E-state index in [1.54, 1.807) is 36.4 Å². The van der Waals surface area contributed by atoms with E-state index in [9.17, 15) is 9.59 Å². The first-order valence-corrected chi connectivity index (χ1v) is 9.56. The Labute approximate surface area is 167 Å². The smallest absolute Gasteiger partial charge is 0.291 e. The average molecular weight is 403 g/mol. The van der Waals surface area contributed by atoms with Crippen molar-refractivity contribution >= 4 is 28.2 Å². The van der Waals surface area contributed by atoms with Crippen LogP contribution in [-0.4, -0.2) is 20.4 Å². The highest BCUT2D eigenvalue weighted by Gasteiger charge is 2.14. The molecule has 7 nitrogen and oxygen atoms in total. The lowest BCUT2D eigenvalue weighted by Crippen LogP contribution is -2.23. The number of carbonyl (C=O) groups excluding carboxylic acids is 1. The molecular weight excluding hydrogens is 390 g/mol. The van der Waals surface area contributed by atoms with Crippen LogP contribution in [0.1, 0.15) is 23.0 Å². The van der Waals surface area contributed by atoms with E-state index < -0.39 is 0 Å². The highest BCUT2D eigenvalue weighted by molar-refractivity contribution is 7.15. The van der Waals surface area contributed by atoms with Crippen molar-refractivity contribution in [3.8, 4) is 22.9 Å².